The van der Waals surface area contributed by atoms with Gasteiger partial charge in [-0.05, 0) is 50.1 Å². The number of para-hydroxylation sites is 1. The van der Waals surface area contributed by atoms with E-state index in [1.807, 2.05) is 50.2 Å². The van der Waals surface area contributed by atoms with E-state index in [2.05, 4.69) is 4.72 Å². The lowest BCUT2D eigenvalue weighted by Crippen LogP contribution is -2.33. The maximum Gasteiger partial charge on any atom is 0.240 e. The Balaban J connectivity index is 1.61. The van der Waals surface area contributed by atoms with Gasteiger partial charge in [0.15, 0.2) is 0 Å². The highest BCUT2D eigenvalue weighted by Gasteiger charge is 2.22. The lowest BCUT2D eigenvalue weighted by Gasteiger charge is -2.23. The molecule has 0 spiro atoms. The third-order valence-corrected chi connectivity index (χ3v) is 6.70. The number of fused-ring (bicyclic) bond motifs is 1. The van der Waals surface area contributed by atoms with Crippen LogP contribution in [0.15, 0.2) is 57.8 Å². The summed E-state index contributed by atoms with van der Waals surface area (Å²) in [5, 5.41) is 0.983. The number of benzene rings is 2. The molecule has 3 rings (SSSR count). The molecular formula is C22H26N2O4S. The summed E-state index contributed by atoms with van der Waals surface area (Å²) >= 11 is 0. The van der Waals surface area contributed by atoms with E-state index in [1.165, 1.54) is 0 Å². The molecule has 0 aliphatic rings. The van der Waals surface area contributed by atoms with Gasteiger partial charge in [0, 0.05) is 25.4 Å². The van der Waals surface area contributed by atoms with Gasteiger partial charge in [-0.25, -0.2) is 13.1 Å². The number of amides is 1. The number of aryl methyl sites for hydroxylation is 2. The van der Waals surface area contributed by atoms with Gasteiger partial charge in [0.25, 0.3) is 0 Å². The molecule has 7 heteroatoms. The Bertz CT molecular complexity index is 1100. The predicted octanol–water partition coefficient (Wildman–Crippen LogP) is 3.94. The first-order valence-electron chi connectivity index (χ1n) is 9.50. The van der Waals surface area contributed by atoms with Crippen LogP contribution in [-0.4, -0.2) is 32.8 Å². The van der Waals surface area contributed by atoms with E-state index in [1.54, 1.807) is 31.0 Å². The van der Waals surface area contributed by atoms with Crippen LogP contribution >= 0.6 is 0 Å². The van der Waals surface area contributed by atoms with Gasteiger partial charge >= 0.3 is 0 Å². The second kappa shape index (κ2) is 8.39. The zero-order chi connectivity index (χ0) is 21.2. The molecule has 1 unspecified atom stereocenters. The van der Waals surface area contributed by atoms with Crippen molar-refractivity contribution >= 4 is 26.9 Å². The Labute approximate surface area is 171 Å². The molecule has 1 atom stereocenters. The summed E-state index contributed by atoms with van der Waals surface area (Å²) in [5.41, 5.74) is 2.31. The highest BCUT2D eigenvalue weighted by atomic mass is 32.2. The number of nitrogens with one attached hydrogen (secondary N) is 1. The van der Waals surface area contributed by atoms with Crippen LogP contribution in [0.1, 0.15) is 36.3 Å². The molecule has 0 saturated heterocycles. The smallest absolute Gasteiger partial charge is 0.240 e. The van der Waals surface area contributed by atoms with E-state index in [-0.39, 0.29) is 29.8 Å². The van der Waals surface area contributed by atoms with Crippen LogP contribution in [0.3, 0.4) is 0 Å². The zero-order valence-corrected chi connectivity index (χ0v) is 17.9. The van der Waals surface area contributed by atoms with Crippen molar-refractivity contribution in [2.45, 2.75) is 38.1 Å². The highest BCUT2D eigenvalue weighted by molar-refractivity contribution is 7.89. The molecule has 1 amide bonds. The quantitative estimate of drug-likeness (QED) is 0.635. The molecule has 0 aliphatic carbocycles. The third kappa shape index (κ3) is 4.68. The topological polar surface area (TPSA) is 79.6 Å². The van der Waals surface area contributed by atoms with Crippen molar-refractivity contribution in [3.05, 3.63) is 65.4 Å². The molecule has 3 aromatic rings. The molecule has 0 radical (unpaired) electrons. The first-order valence-corrected chi connectivity index (χ1v) is 11.0. The highest BCUT2D eigenvalue weighted by Crippen LogP contribution is 2.27. The van der Waals surface area contributed by atoms with Crippen LogP contribution in [-0.2, 0) is 14.8 Å². The summed E-state index contributed by atoms with van der Waals surface area (Å²) in [5.74, 6) is 0.527. The van der Waals surface area contributed by atoms with Crippen LogP contribution in [0, 0.1) is 13.8 Å². The Morgan fingerprint density at radius 2 is 1.86 bits per heavy atom. The van der Waals surface area contributed by atoms with Gasteiger partial charge < -0.3 is 9.32 Å². The summed E-state index contributed by atoms with van der Waals surface area (Å²) < 4.78 is 33.5. The normalized spacial score (nSPS) is 12.8. The standard InChI is InChI=1S/C22H26N2O4S/c1-15-9-10-16(2)21(13-15)29(26,27)23-12-11-22(25)24(4)17(3)20-14-18-7-5-6-8-19(18)28-20/h5-10,13-14,17,23H,11-12H2,1-4H3. The maximum absolute atomic E-state index is 12.6. The monoisotopic (exact) mass is 414 g/mol. The van der Waals surface area contributed by atoms with Crippen molar-refractivity contribution in [2.75, 3.05) is 13.6 Å². The van der Waals surface area contributed by atoms with E-state index < -0.39 is 10.0 Å². The Hall–Kier alpha value is -2.64. The van der Waals surface area contributed by atoms with Gasteiger partial charge in [-0.3, -0.25) is 4.79 Å². The number of hydrogen-bond acceptors (Lipinski definition) is 4. The summed E-state index contributed by atoms with van der Waals surface area (Å²) in [6, 6.07) is 14.6. The van der Waals surface area contributed by atoms with Crippen molar-refractivity contribution in [1.29, 1.82) is 0 Å². The number of nitrogens with zero attached hydrogens (tertiary/aromatic N) is 1. The summed E-state index contributed by atoms with van der Waals surface area (Å²) in [6.45, 7) is 5.51. The number of carbonyl (C=O) groups excluding carboxylic acids is 1. The second-order valence-electron chi connectivity index (χ2n) is 7.28. The van der Waals surface area contributed by atoms with Crippen LogP contribution in [0.25, 0.3) is 11.0 Å². The van der Waals surface area contributed by atoms with Gasteiger partial charge in [-0.15, -0.1) is 0 Å². The largest absolute Gasteiger partial charge is 0.459 e. The SMILES string of the molecule is Cc1ccc(C)c(S(=O)(=O)NCCC(=O)N(C)C(C)c2cc3ccccc3o2)c1. The van der Waals surface area contributed by atoms with Crippen molar-refractivity contribution in [2.24, 2.45) is 0 Å². The van der Waals surface area contributed by atoms with E-state index in [4.69, 9.17) is 4.42 Å². The predicted molar refractivity (Wildman–Crippen MR) is 113 cm³/mol. The molecule has 2 aromatic carbocycles. The van der Waals surface area contributed by atoms with Gasteiger partial charge in [0.2, 0.25) is 15.9 Å². The van der Waals surface area contributed by atoms with Crippen molar-refractivity contribution in [3.8, 4) is 0 Å². The van der Waals surface area contributed by atoms with Gasteiger partial charge in [0.05, 0.1) is 10.9 Å². The van der Waals surface area contributed by atoms with E-state index >= 15 is 0 Å². The van der Waals surface area contributed by atoms with Crippen LogP contribution in [0.4, 0.5) is 0 Å². The molecule has 1 N–H and O–H groups in total. The summed E-state index contributed by atoms with van der Waals surface area (Å²) in [6.07, 6.45) is 0.0607. The summed E-state index contributed by atoms with van der Waals surface area (Å²) in [4.78, 5) is 14.4. The fraction of sp³-hybridized carbons (Fsp3) is 0.318. The van der Waals surface area contributed by atoms with Crippen LogP contribution < -0.4 is 4.72 Å². The first-order chi connectivity index (χ1) is 13.7. The average molecular weight is 415 g/mol. The molecule has 0 fully saturated rings. The molecule has 6 nitrogen and oxygen atoms in total. The van der Waals surface area contributed by atoms with Crippen molar-refractivity contribution < 1.29 is 17.6 Å². The zero-order valence-electron chi connectivity index (χ0n) is 17.1. The summed E-state index contributed by atoms with van der Waals surface area (Å²) in [7, 11) is -1.97. The molecule has 0 saturated carbocycles. The molecule has 0 bridgehead atoms. The first kappa shape index (κ1) is 21.1. The Morgan fingerprint density at radius 1 is 1.14 bits per heavy atom. The minimum atomic E-state index is -3.66. The van der Waals surface area contributed by atoms with Crippen molar-refractivity contribution in [1.82, 2.24) is 9.62 Å². The van der Waals surface area contributed by atoms with Gasteiger partial charge in [-0.1, -0.05) is 30.3 Å². The fourth-order valence-corrected chi connectivity index (χ4v) is 4.52. The van der Waals surface area contributed by atoms with E-state index in [0.717, 1.165) is 16.5 Å². The number of carbonyl (C=O) groups is 1. The van der Waals surface area contributed by atoms with Crippen LogP contribution in [0.5, 0.6) is 0 Å². The fourth-order valence-electron chi connectivity index (χ4n) is 3.16. The van der Waals surface area contributed by atoms with Crippen LogP contribution in [0.2, 0.25) is 0 Å². The van der Waals surface area contributed by atoms with Crippen molar-refractivity contribution in [3.63, 3.8) is 0 Å². The number of hydrogen-bond donors (Lipinski definition) is 1. The lowest BCUT2D eigenvalue weighted by atomic mass is 10.2. The number of sulfonamides is 1. The average Bonchev–Trinajstić information content (AvgIpc) is 3.12. The molecule has 1 heterocycles. The third-order valence-electron chi connectivity index (χ3n) is 5.09. The molecule has 0 aliphatic heterocycles. The molecule has 29 heavy (non-hydrogen) atoms. The molecule has 1 aromatic heterocycles. The Morgan fingerprint density at radius 3 is 2.59 bits per heavy atom. The minimum absolute atomic E-state index is 0.0335. The number of furan rings is 1. The molecule has 154 valence electrons. The lowest BCUT2D eigenvalue weighted by molar-refractivity contribution is -0.131. The Kier molecular flexibility index (Phi) is 6.10. The molecular weight excluding hydrogens is 388 g/mol. The minimum Gasteiger partial charge on any atom is -0.459 e. The van der Waals surface area contributed by atoms with Gasteiger partial charge in [0.1, 0.15) is 11.3 Å². The number of rotatable bonds is 7. The van der Waals surface area contributed by atoms with E-state index in [0.29, 0.717) is 11.3 Å². The second-order valence-corrected chi connectivity index (χ2v) is 9.02. The van der Waals surface area contributed by atoms with E-state index in [9.17, 15) is 13.2 Å². The maximum atomic E-state index is 12.6. The van der Waals surface area contributed by atoms with Gasteiger partial charge in [-0.2, -0.15) is 0 Å².